The van der Waals surface area contributed by atoms with Gasteiger partial charge in [0.2, 0.25) is 11.8 Å². The molecule has 0 aliphatic carbocycles. The number of methoxy groups -OCH3 is 2. The van der Waals surface area contributed by atoms with E-state index in [0.29, 0.717) is 18.7 Å². The highest BCUT2D eigenvalue weighted by Crippen LogP contribution is 2.36. The highest BCUT2D eigenvalue weighted by molar-refractivity contribution is 7.92. The number of aryl methyl sites for hydroxylation is 2. The zero-order valence-corrected chi connectivity index (χ0v) is 26.0. The van der Waals surface area contributed by atoms with Crippen LogP contribution in [-0.4, -0.2) is 58.5 Å². The number of rotatable bonds is 14. The monoisotopic (exact) mass is 595 g/mol. The minimum Gasteiger partial charge on any atom is -0.497 e. The van der Waals surface area contributed by atoms with Crippen molar-refractivity contribution >= 4 is 27.5 Å². The van der Waals surface area contributed by atoms with Crippen LogP contribution in [0.15, 0.2) is 71.6 Å². The SMILES string of the molecule is CCCNC(=O)C(CC)N(Cc1ccc(C)cc1)C(=O)CN(c1cc(OC)ccc1OC)S(=O)(=O)c1ccc(C)cc1. The van der Waals surface area contributed by atoms with Gasteiger partial charge in [-0.1, -0.05) is 61.4 Å². The molecule has 1 atom stereocenters. The lowest BCUT2D eigenvalue weighted by Gasteiger charge is -2.33. The minimum atomic E-state index is -4.25. The molecule has 0 aliphatic heterocycles. The molecule has 226 valence electrons. The smallest absolute Gasteiger partial charge is 0.264 e. The third-order valence-corrected chi connectivity index (χ3v) is 8.73. The fraction of sp³-hybridized carbons (Fsp3) is 0.375. The standard InChI is InChI=1S/C32H41N3O6S/c1-7-19-33-32(37)28(8-2)34(21-25-13-9-23(3)10-14-25)31(36)22-35(29-20-26(40-5)15-18-30(29)41-6)42(38,39)27-16-11-24(4)12-17-27/h9-18,20,28H,7-8,19,21-22H2,1-6H3,(H,33,37). The van der Waals surface area contributed by atoms with E-state index in [1.165, 1.54) is 37.3 Å². The molecule has 2 amide bonds. The Balaban J connectivity index is 2.13. The first-order valence-corrected chi connectivity index (χ1v) is 15.4. The Labute approximate surface area is 249 Å². The van der Waals surface area contributed by atoms with Crippen LogP contribution in [0.4, 0.5) is 5.69 Å². The Hall–Kier alpha value is -4.05. The van der Waals surface area contributed by atoms with Crippen LogP contribution in [0, 0.1) is 13.8 Å². The Kier molecular flexibility index (Phi) is 11.4. The van der Waals surface area contributed by atoms with E-state index < -0.39 is 28.5 Å². The van der Waals surface area contributed by atoms with Gasteiger partial charge in [0.25, 0.3) is 10.0 Å². The van der Waals surface area contributed by atoms with Gasteiger partial charge in [0, 0.05) is 19.2 Å². The van der Waals surface area contributed by atoms with Crippen LogP contribution < -0.4 is 19.1 Å². The largest absolute Gasteiger partial charge is 0.497 e. The number of carbonyl (C=O) groups excluding carboxylic acids is 2. The predicted molar refractivity (Wildman–Crippen MR) is 164 cm³/mol. The lowest BCUT2D eigenvalue weighted by molar-refractivity contribution is -0.140. The van der Waals surface area contributed by atoms with Crippen molar-refractivity contribution in [2.45, 2.75) is 58.0 Å². The van der Waals surface area contributed by atoms with Crippen molar-refractivity contribution in [1.82, 2.24) is 10.2 Å². The van der Waals surface area contributed by atoms with Gasteiger partial charge in [0.05, 0.1) is 24.8 Å². The summed E-state index contributed by atoms with van der Waals surface area (Å²) < 4.78 is 40.3. The Morgan fingerprint density at radius 3 is 2.05 bits per heavy atom. The Morgan fingerprint density at radius 2 is 1.50 bits per heavy atom. The molecule has 0 aliphatic rings. The molecule has 1 unspecified atom stereocenters. The molecular weight excluding hydrogens is 554 g/mol. The molecule has 0 bridgehead atoms. The van der Waals surface area contributed by atoms with E-state index in [1.807, 2.05) is 52.0 Å². The number of carbonyl (C=O) groups is 2. The summed E-state index contributed by atoms with van der Waals surface area (Å²) in [5.74, 6) is -0.178. The molecule has 0 fully saturated rings. The van der Waals surface area contributed by atoms with E-state index >= 15 is 0 Å². The van der Waals surface area contributed by atoms with Crippen molar-refractivity contribution in [3.63, 3.8) is 0 Å². The summed E-state index contributed by atoms with van der Waals surface area (Å²) in [5, 5.41) is 2.89. The first-order chi connectivity index (χ1) is 20.0. The van der Waals surface area contributed by atoms with E-state index in [2.05, 4.69) is 5.32 Å². The van der Waals surface area contributed by atoms with Crippen molar-refractivity contribution in [2.24, 2.45) is 0 Å². The van der Waals surface area contributed by atoms with Crippen LogP contribution >= 0.6 is 0 Å². The van der Waals surface area contributed by atoms with Crippen LogP contribution in [0.1, 0.15) is 43.4 Å². The molecular formula is C32H41N3O6S. The lowest BCUT2D eigenvalue weighted by atomic mass is 10.1. The lowest BCUT2D eigenvalue weighted by Crippen LogP contribution is -2.52. The molecule has 42 heavy (non-hydrogen) atoms. The second-order valence-corrected chi connectivity index (χ2v) is 11.9. The number of nitrogens with zero attached hydrogens (tertiary/aromatic N) is 2. The maximum absolute atomic E-state index is 14.2. The summed E-state index contributed by atoms with van der Waals surface area (Å²) in [4.78, 5) is 28.9. The molecule has 3 rings (SSSR count). The zero-order valence-electron chi connectivity index (χ0n) is 25.2. The number of anilines is 1. The van der Waals surface area contributed by atoms with E-state index in [1.54, 1.807) is 24.3 Å². The third kappa shape index (κ3) is 7.82. The third-order valence-electron chi connectivity index (χ3n) is 6.95. The first kappa shape index (κ1) is 32.5. The molecule has 0 saturated heterocycles. The van der Waals surface area contributed by atoms with Gasteiger partial charge in [0.1, 0.15) is 24.1 Å². The molecule has 0 aromatic heterocycles. The number of nitrogens with one attached hydrogen (secondary N) is 1. The maximum atomic E-state index is 14.2. The average Bonchev–Trinajstić information content (AvgIpc) is 2.99. The fourth-order valence-electron chi connectivity index (χ4n) is 4.52. The van der Waals surface area contributed by atoms with Gasteiger partial charge in [0.15, 0.2) is 0 Å². The summed E-state index contributed by atoms with van der Waals surface area (Å²) in [6.45, 7) is 7.64. The van der Waals surface area contributed by atoms with Crippen LogP contribution in [0.5, 0.6) is 11.5 Å². The molecule has 3 aromatic rings. The van der Waals surface area contributed by atoms with Gasteiger partial charge in [-0.15, -0.1) is 0 Å². The second kappa shape index (κ2) is 14.7. The van der Waals surface area contributed by atoms with Crippen molar-refractivity contribution in [3.05, 3.63) is 83.4 Å². The molecule has 0 radical (unpaired) electrons. The summed E-state index contributed by atoms with van der Waals surface area (Å²) >= 11 is 0. The van der Waals surface area contributed by atoms with Crippen LogP contribution in [0.2, 0.25) is 0 Å². The Morgan fingerprint density at radius 1 is 0.881 bits per heavy atom. The van der Waals surface area contributed by atoms with E-state index in [0.717, 1.165) is 27.4 Å². The van der Waals surface area contributed by atoms with Crippen molar-refractivity contribution < 1.29 is 27.5 Å². The van der Waals surface area contributed by atoms with Gasteiger partial charge in [-0.25, -0.2) is 8.42 Å². The number of sulfonamides is 1. The molecule has 1 N–H and O–H groups in total. The van der Waals surface area contributed by atoms with Gasteiger partial charge in [-0.05, 0) is 56.5 Å². The number of hydrogen-bond donors (Lipinski definition) is 1. The van der Waals surface area contributed by atoms with Crippen LogP contribution in [-0.2, 0) is 26.2 Å². The zero-order chi connectivity index (χ0) is 30.9. The quantitative estimate of drug-likeness (QED) is 0.286. The normalized spacial score (nSPS) is 11.9. The second-order valence-electron chi connectivity index (χ2n) is 10.1. The number of hydrogen-bond acceptors (Lipinski definition) is 6. The van der Waals surface area contributed by atoms with Crippen molar-refractivity contribution in [2.75, 3.05) is 31.6 Å². The van der Waals surface area contributed by atoms with E-state index in [4.69, 9.17) is 9.47 Å². The van der Waals surface area contributed by atoms with Gasteiger partial charge < -0.3 is 19.7 Å². The topological polar surface area (TPSA) is 105 Å². The van der Waals surface area contributed by atoms with Gasteiger partial charge >= 0.3 is 0 Å². The van der Waals surface area contributed by atoms with Crippen molar-refractivity contribution in [1.29, 1.82) is 0 Å². The molecule has 10 heteroatoms. The summed E-state index contributed by atoms with van der Waals surface area (Å²) in [6, 6.07) is 18.0. The summed E-state index contributed by atoms with van der Waals surface area (Å²) in [6.07, 6.45) is 1.09. The minimum absolute atomic E-state index is 0.0172. The van der Waals surface area contributed by atoms with Gasteiger partial charge in [-0.2, -0.15) is 0 Å². The fourth-order valence-corrected chi connectivity index (χ4v) is 5.93. The number of amides is 2. The highest BCUT2D eigenvalue weighted by Gasteiger charge is 2.35. The van der Waals surface area contributed by atoms with Crippen LogP contribution in [0.25, 0.3) is 0 Å². The molecule has 3 aromatic carbocycles. The van der Waals surface area contributed by atoms with Gasteiger partial charge in [-0.3, -0.25) is 13.9 Å². The average molecular weight is 596 g/mol. The molecule has 0 saturated carbocycles. The Bertz CT molecular complexity index is 1460. The molecule has 0 heterocycles. The maximum Gasteiger partial charge on any atom is 0.264 e. The number of benzene rings is 3. The molecule has 0 spiro atoms. The van der Waals surface area contributed by atoms with Crippen LogP contribution in [0.3, 0.4) is 0 Å². The highest BCUT2D eigenvalue weighted by atomic mass is 32.2. The van der Waals surface area contributed by atoms with E-state index in [9.17, 15) is 18.0 Å². The first-order valence-electron chi connectivity index (χ1n) is 14.0. The predicted octanol–water partition coefficient (Wildman–Crippen LogP) is 4.85. The summed E-state index contributed by atoms with van der Waals surface area (Å²) in [7, 11) is -1.35. The van der Waals surface area contributed by atoms with E-state index in [-0.39, 0.29) is 28.8 Å². The summed E-state index contributed by atoms with van der Waals surface area (Å²) in [5.41, 5.74) is 2.92. The number of ether oxygens (including phenoxy) is 2. The van der Waals surface area contributed by atoms with Crippen molar-refractivity contribution in [3.8, 4) is 11.5 Å². The molecule has 9 nitrogen and oxygen atoms in total.